The summed E-state index contributed by atoms with van der Waals surface area (Å²) >= 11 is 0. The zero-order chi connectivity index (χ0) is 14.7. The van der Waals surface area contributed by atoms with Gasteiger partial charge in [0.05, 0.1) is 0 Å². The molecule has 1 atom stereocenters. The highest BCUT2D eigenvalue weighted by Gasteiger charge is 2.27. The second-order valence-electron chi connectivity index (χ2n) is 4.65. The topological polar surface area (TPSA) is 17.1 Å². The molecule has 0 spiro atoms. The summed E-state index contributed by atoms with van der Waals surface area (Å²) < 4.78 is 25.8. The third-order valence-electron chi connectivity index (χ3n) is 3.27. The fraction of sp³-hybridized carbons (Fsp3) is 0. The average Bonchev–Trinajstić information content (AvgIpc) is 2.56. The molecular formula is C18H13FOP+. The van der Waals surface area contributed by atoms with E-state index in [9.17, 15) is 8.96 Å². The van der Waals surface area contributed by atoms with E-state index in [4.69, 9.17) is 0 Å². The van der Waals surface area contributed by atoms with Crippen LogP contribution in [0, 0.1) is 5.82 Å². The molecule has 0 aliphatic heterocycles. The van der Waals surface area contributed by atoms with Crippen LogP contribution < -0.4 is 10.6 Å². The molecule has 102 valence electrons. The van der Waals surface area contributed by atoms with Gasteiger partial charge in [-0.3, -0.25) is 0 Å². The first-order valence-electron chi connectivity index (χ1n) is 6.63. The number of rotatable bonds is 3. The Balaban J connectivity index is 2.07. The maximum Gasteiger partial charge on any atom is 0.415 e. The second kappa shape index (κ2) is 5.99. The molecule has 0 saturated heterocycles. The van der Waals surface area contributed by atoms with E-state index < -0.39 is 7.80 Å². The molecule has 1 nitrogen and oxygen atoms in total. The number of hydrogen-bond donors (Lipinski definition) is 0. The van der Waals surface area contributed by atoms with Crippen molar-refractivity contribution < 1.29 is 8.96 Å². The van der Waals surface area contributed by atoms with E-state index in [1.165, 1.54) is 12.1 Å². The zero-order valence-electron chi connectivity index (χ0n) is 11.2. The van der Waals surface area contributed by atoms with Crippen LogP contribution in [-0.4, -0.2) is 0 Å². The predicted molar refractivity (Wildman–Crippen MR) is 85.2 cm³/mol. The fourth-order valence-corrected chi connectivity index (χ4v) is 3.57. The summed E-state index contributed by atoms with van der Waals surface area (Å²) in [6, 6.07) is 23.3. The first-order valence-corrected chi connectivity index (χ1v) is 7.89. The SMILES string of the molecule is O=[P+](c1ccc(F)cc1)c1ccccc1-c1ccccc1. The normalized spacial score (nSPS) is 11.2. The number of hydrogen-bond acceptors (Lipinski definition) is 1. The Kier molecular flexibility index (Phi) is 3.89. The molecule has 0 aromatic heterocycles. The third-order valence-corrected chi connectivity index (χ3v) is 4.86. The number of halogens is 1. The molecule has 1 unspecified atom stereocenters. The lowest BCUT2D eigenvalue weighted by atomic mass is 10.1. The third kappa shape index (κ3) is 2.91. The molecule has 3 rings (SSSR count). The first kappa shape index (κ1) is 13.7. The van der Waals surface area contributed by atoms with Crippen LogP contribution in [0.3, 0.4) is 0 Å². The van der Waals surface area contributed by atoms with Crippen LogP contribution in [0.4, 0.5) is 4.39 Å². The lowest BCUT2D eigenvalue weighted by Gasteiger charge is -2.02. The predicted octanol–water partition coefficient (Wildman–Crippen LogP) is 4.27. The zero-order valence-corrected chi connectivity index (χ0v) is 12.1. The summed E-state index contributed by atoms with van der Waals surface area (Å²) in [5, 5.41) is 1.40. The van der Waals surface area contributed by atoms with Crippen LogP contribution in [-0.2, 0) is 4.57 Å². The van der Waals surface area contributed by atoms with Crippen molar-refractivity contribution in [3.05, 3.63) is 84.7 Å². The van der Waals surface area contributed by atoms with Crippen LogP contribution in [0.25, 0.3) is 11.1 Å². The Hall–Kier alpha value is -2.31. The maximum absolute atomic E-state index is 13.0. The van der Waals surface area contributed by atoms with E-state index in [0.717, 1.165) is 16.4 Å². The van der Waals surface area contributed by atoms with E-state index in [1.54, 1.807) is 12.1 Å². The van der Waals surface area contributed by atoms with Crippen molar-refractivity contribution >= 4 is 18.4 Å². The van der Waals surface area contributed by atoms with Crippen molar-refractivity contribution in [2.45, 2.75) is 0 Å². The minimum Gasteiger partial charge on any atom is -0.207 e. The van der Waals surface area contributed by atoms with Gasteiger partial charge in [0.1, 0.15) is 5.82 Å². The van der Waals surface area contributed by atoms with Crippen molar-refractivity contribution in [1.82, 2.24) is 0 Å². The molecule has 0 aliphatic carbocycles. The van der Waals surface area contributed by atoms with Crippen LogP contribution >= 0.6 is 7.80 Å². The van der Waals surface area contributed by atoms with Crippen LogP contribution in [0.15, 0.2) is 78.9 Å². The summed E-state index contributed by atoms with van der Waals surface area (Å²) in [6.45, 7) is 0. The highest BCUT2D eigenvalue weighted by Crippen LogP contribution is 2.27. The summed E-state index contributed by atoms with van der Waals surface area (Å²) in [6.07, 6.45) is 0. The van der Waals surface area contributed by atoms with Gasteiger partial charge in [-0.1, -0.05) is 47.0 Å². The Morgan fingerprint density at radius 3 is 2.05 bits per heavy atom. The molecule has 0 amide bonds. The molecule has 0 radical (unpaired) electrons. The van der Waals surface area contributed by atoms with E-state index in [2.05, 4.69) is 0 Å². The molecule has 0 bridgehead atoms. The lowest BCUT2D eigenvalue weighted by Crippen LogP contribution is -2.09. The molecule has 0 fully saturated rings. The molecule has 0 aliphatic rings. The van der Waals surface area contributed by atoms with Gasteiger partial charge in [0.15, 0.2) is 5.30 Å². The maximum atomic E-state index is 13.0. The van der Waals surface area contributed by atoms with E-state index in [0.29, 0.717) is 5.30 Å². The summed E-state index contributed by atoms with van der Waals surface area (Å²) in [4.78, 5) is 0. The minimum atomic E-state index is -1.74. The largest absolute Gasteiger partial charge is 0.415 e. The number of benzene rings is 3. The van der Waals surface area contributed by atoms with Crippen LogP contribution in [0.2, 0.25) is 0 Å². The van der Waals surface area contributed by atoms with E-state index in [-0.39, 0.29) is 5.82 Å². The second-order valence-corrected chi connectivity index (χ2v) is 6.24. The van der Waals surface area contributed by atoms with Gasteiger partial charge in [-0.15, -0.1) is 0 Å². The molecule has 3 aromatic rings. The van der Waals surface area contributed by atoms with Gasteiger partial charge in [0, 0.05) is 5.56 Å². The van der Waals surface area contributed by atoms with Gasteiger partial charge in [-0.25, -0.2) is 4.39 Å². The van der Waals surface area contributed by atoms with Crippen molar-refractivity contribution in [3.63, 3.8) is 0 Å². The monoisotopic (exact) mass is 295 g/mol. The van der Waals surface area contributed by atoms with Crippen LogP contribution in [0.1, 0.15) is 0 Å². The van der Waals surface area contributed by atoms with Crippen molar-refractivity contribution in [3.8, 4) is 11.1 Å². The van der Waals surface area contributed by atoms with Crippen molar-refractivity contribution in [2.24, 2.45) is 0 Å². The van der Waals surface area contributed by atoms with E-state index in [1.807, 2.05) is 54.6 Å². The standard InChI is InChI=1S/C18H13FOP/c19-15-10-12-16(13-11-15)21(20)18-9-5-4-8-17(18)14-6-2-1-3-7-14/h1-13H/q+1. The van der Waals surface area contributed by atoms with Gasteiger partial charge < -0.3 is 0 Å². The molecule has 3 aromatic carbocycles. The van der Waals surface area contributed by atoms with Crippen LogP contribution in [0.5, 0.6) is 0 Å². The van der Waals surface area contributed by atoms with Gasteiger partial charge in [0.25, 0.3) is 0 Å². The van der Waals surface area contributed by atoms with Gasteiger partial charge in [-0.2, -0.15) is 0 Å². The first-order chi connectivity index (χ1) is 10.3. The Morgan fingerprint density at radius 1 is 0.714 bits per heavy atom. The smallest absolute Gasteiger partial charge is 0.207 e. The molecule has 3 heteroatoms. The van der Waals surface area contributed by atoms with Gasteiger partial charge in [0.2, 0.25) is 5.30 Å². The molecule has 0 saturated carbocycles. The highest BCUT2D eigenvalue weighted by molar-refractivity contribution is 7.61. The summed E-state index contributed by atoms with van der Waals surface area (Å²) in [5.41, 5.74) is 1.97. The quantitative estimate of drug-likeness (QED) is 0.659. The lowest BCUT2D eigenvalue weighted by molar-refractivity contribution is 0.598. The molecule has 0 heterocycles. The average molecular weight is 295 g/mol. The Bertz CT molecular complexity index is 767. The van der Waals surface area contributed by atoms with Crippen molar-refractivity contribution in [1.29, 1.82) is 0 Å². The summed E-state index contributed by atoms with van der Waals surface area (Å²) in [5.74, 6) is -0.321. The van der Waals surface area contributed by atoms with E-state index >= 15 is 0 Å². The Labute approximate surface area is 123 Å². The Morgan fingerprint density at radius 2 is 1.33 bits per heavy atom. The fourth-order valence-electron chi connectivity index (χ4n) is 2.23. The minimum absolute atomic E-state index is 0.321. The molecule has 21 heavy (non-hydrogen) atoms. The highest BCUT2D eigenvalue weighted by atomic mass is 31.1. The molecule has 0 N–H and O–H groups in total. The summed E-state index contributed by atoms with van der Waals surface area (Å²) in [7, 11) is -1.74. The van der Waals surface area contributed by atoms with Gasteiger partial charge >= 0.3 is 7.80 Å². The van der Waals surface area contributed by atoms with Crippen molar-refractivity contribution in [2.75, 3.05) is 0 Å². The van der Waals surface area contributed by atoms with Gasteiger partial charge in [-0.05, 0) is 42.0 Å². The molecular weight excluding hydrogens is 282 g/mol.